The van der Waals surface area contributed by atoms with Crippen molar-refractivity contribution >= 4 is 11.6 Å². The second-order valence-electron chi connectivity index (χ2n) is 4.38. The number of anilines is 2. The summed E-state index contributed by atoms with van der Waals surface area (Å²) in [6, 6.07) is 2.47. The number of hydrogen-bond acceptors (Lipinski definition) is 5. The molecule has 18 heavy (non-hydrogen) atoms. The Morgan fingerprint density at radius 2 is 2.22 bits per heavy atom. The lowest BCUT2D eigenvalue weighted by Gasteiger charge is -2.26. The minimum Gasteiger partial charge on any atom is -0.369 e. The van der Waals surface area contributed by atoms with Crippen LogP contribution in [0, 0.1) is 11.3 Å². The van der Waals surface area contributed by atoms with Crippen LogP contribution in [-0.4, -0.2) is 29.1 Å². The molecule has 1 aromatic heterocycles. The number of nitrogens with zero attached hydrogens (tertiary/aromatic N) is 4. The molecule has 1 aromatic rings. The van der Waals surface area contributed by atoms with E-state index < -0.39 is 0 Å². The standard InChI is InChI=1S/C13H21N5/c1-4-7-16-12-9-15-10-13(17-12)18(11(2)3)8-5-6-14/h9-11H,4-5,7-8H2,1-3H3,(H,16,17). The third kappa shape index (κ3) is 4.21. The van der Waals surface area contributed by atoms with Crippen LogP contribution in [0.25, 0.3) is 0 Å². The van der Waals surface area contributed by atoms with E-state index in [1.807, 2.05) is 0 Å². The largest absolute Gasteiger partial charge is 0.369 e. The molecular formula is C13H21N5. The fourth-order valence-electron chi connectivity index (χ4n) is 1.64. The van der Waals surface area contributed by atoms with Crippen molar-refractivity contribution in [3.8, 4) is 6.07 Å². The van der Waals surface area contributed by atoms with Crippen molar-refractivity contribution in [1.29, 1.82) is 5.26 Å². The van der Waals surface area contributed by atoms with Gasteiger partial charge >= 0.3 is 0 Å². The first kappa shape index (κ1) is 14.2. The van der Waals surface area contributed by atoms with Crippen molar-refractivity contribution in [2.45, 2.75) is 39.7 Å². The molecule has 0 bridgehead atoms. The zero-order chi connectivity index (χ0) is 13.4. The predicted molar refractivity (Wildman–Crippen MR) is 73.5 cm³/mol. The number of nitriles is 1. The fraction of sp³-hybridized carbons (Fsp3) is 0.615. The maximum Gasteiger partial charge on any atom is 0.149 e. The Morgan fingerprint density at radius 3 is 2.83 bits per heavy atom. The van der Waals surface area contributed by atoms with Gasteiger partial charge in [-0.3, -0.25) is 4.98 Å². The van der Waals surface area contributed by atoms with Gasteiger partial charge in [-0.1, -0.05) is 6.92 Å². The number of rotatable bonds is 7. The summed E-state index contributed by atoms with van der Waals surface area (Å²) < 4.78 is 0. The van der Waals surface area contributed by atoms with Crippen LogP contribution >= 0.6 is 0 Å². The van der Waals surface area contributed by atoms with Crippen molar-refractivity contribution in [3.05, 3.63) is 12.4 Å². The molecule has 0 radical (unpaired) electrons. The van der Waals surface area contributed by atoms with Crippen LogP contribution in [0.1, 0.15) is 33.6 Å². The lowest BCUT2D eigenvalue weighted by Crippen LogP contribution is -2.32. The van der Waals surface area contributed by atoms with Crippen molar-refractivity contribution in [2.75, 3.05) is 23.3 Å². The topological polar surface area (TPSA) is 64.8 Å². The summed E-state index contributed by atoms with van der Waals surface area (Å²) in [4.78, 5) is 10.8. The van der Waals surface area contributed by atoms with Crippen LogP contribution in [-0.2, 0) is 0 Å². The molecule has 0 aliphatic rings. The van der Waals surface area contributed by atoms with E-state index in [1.165, 1.54) is 0 Å². The zero-order valence-corrected chi connectivity index (χ0v) is 11.3. The summed E-state index contributed by atoms with van der Waals surface area (Å²) in [6.07, 6.45) is 5.01. The maximum atomic E-state index is 8.69. The molecule has 0 aliphatic heterocycles. The number of hydrogen-bond donors (Lipinski definition) is 1. The second-order valence-corrected chi connectivity index (χ2v) is 4.38. The average molecular weight is 247 g/mol. The molecular weight excluding hydrogens is 226 g/mol. The molecule has 0 atom stereocenters. The molecule has 5 nitrogen and oxygen atoms in total. The van der Waals surface area contributed by atoms with E-state index in [1.54, 1.807) is 12.4 Å². The van der Waals surface area contributed by atoms with Gasteiger partial charge in [-0.05, 0) is 20.3 Å². The molecule has 0 saturated heterocycles. The molecule has 1 N–H and O–H groups in total. The SMILES string of the molecule is CCCNc1cncc(N(CCC#N)C(C)C)n1. The Morgan fingerprint density at radius 1 is 1.44 bits per heavy atom. The summed E-state index contributed by atoms with van der Waals surface area (Å²) in [6.45, 7) is 7.85. The Hall–Kier alpha value is -1.83. The van der Waals surface area contributed by atoms with E-state index >= 15 is 0 Å². The molecule has 0 amide bonds. The van der Waals surface area contributed by atoms with Crippen molar-refractivity contribution in [2.24, 2.45) is 0 Å². The highest BCUT2D eigenvalue weighted by Gasteiger charge is 2.12. The highest BCUT2D eigenvalue weighted by molar-refractivity contribution is 5.44. The normalized spacial score (nSPS) is 10.2. The van der Waals surface area contributed by atoms with Crippen LogP contribution in [0.3, 0.4) is 0 Å². The van der Waals surface area contributed by atoms with E-state index in [2.05, 4.69) is 47.0 Å². The Labute approximate surface area is 109 Å². The molecule has 0 aliphatic carbocycles. The summed E-state index contributed by atoms with van der Waals surface area (Å²) in [5.41, 5.74) is 0. The van der Waals surface area contributed by atoms with Gasteiger partial charge in [0.2, 0.25) is 0 Å². The summed E-state index contributed by atoms with van der Waals surface area (Å²) in [7, 11) is 0. The summed E-state index contributed by atoms with van der Waals surface area (Å²) in [5, 5.41) is 11.9. The van der Waals surface area contributed by atoms with E-state index in [0.717, 1.165) is 24.6 Å². The first-order valence-electron chi connectivity index (χ1n) is 6.38. The Balaban J connectivity index is 2.81. The van der Waals surface area contributed by atoms with E-state index in [4.69, 9.17) is 5.26 Å². The van der Waals surface area contributed by atoms with Gasteiger partial charge in [-0.15, -0.1) is 0 Å². The molecule has 0 spiro atoms. The van der Waals surface area contributed by atoms with Crippen LogP contribution in [0.4, 0.5) is 11.6 Å². The monoisotopic (exact) mass is 247 g/mol. The second kappa shape index (κ2) is 7.49. The van der Waals surface area contributed by atoms with Crippen molar-refractivity contribution in [1.82, 2.24) is 9.97 Å². The smallest absolute Gasteiger partial charge is 0.149 e. The number of nitrogens with one attached hydrogen (secondary N) is 1. The molecule has 1 rings (SSSR count). The van der Waals surface area contributed by atoms with Crippen LogP contribution in [0.15, 0.2) is 12.4 Å². The molecule has 0 aromatic carbocycles. The first-order valence-corrected chi connectivity index (χ1v) is 6.38. The van der Waals surface area contributed by atoms with E-state index in [-0.39, 0.29) is 0 Å². The summed E-state index contributed by atoms with van der Waals surface area (Å²) in [5.74, 6) is 1.61. The van der Waals surface area contributed by atoms with Gasteiger partial charge in [-0.25, -0.2) is 4.98 Å². The fourth-order valence-corrected chi connectivity index (χ4v) is 1.64. The van der Waals surface area contributed by atoms with Crippen LogP contribution < -0.4 is 10.2 Å². The van der Waals surface area contributed by atoms with Gasteiger partial charge < -0.3 is 10.2 Å². The van der Waals surface area contributed by atoms with Gasteiger partial charge in [-0.2, -0.15) is 5.26 Å². The lowest BCUT2D eigenvalue weighted by atomic mass is 10.3. The minimum atomic E-state index is 0.300. The van der Waals surface area contributed by atoms with Gasteiger partial charge in [0.25, 0.3) is 0 Å². The maximum absolute atomic E-state index is 8.69. The quantitative estimate of drug-likeness (QED) is 0.801. The molecule has 0 saturated carbocycles. The van der Waals surface area contributed by atoms with Gasteiger partial charge in [0, 0.05) is 19.1 Å². The highest BCUT2D eigenvalue weighted by atomic mass is 15.2. The molecule has 1 heterocycles. The lowest BCUT2D eigenvalue weighted by molar-refractivity contribution is 0.675. The van der Waals surface area contributed by atoms with Crippen molar-refractivity contribution in [3.63, 3.8) is 0 Å². The minimum absolute atomic E-state index is 0.300. The Kier molecular flexibility index (Phi) is 5.92. The molecule has 5 heteroatoms. The highest BCUT2D eigenvalue weighted by Crippen LogP contribution is 2.15. The summed E-state index contributed by atoms with van der Waals surface area (Å²) >= 11 is 0. The van der Waals surface area contributed by atoms with Gasteiger partial charge in [0.05, 0.1) is 24.9 Å². The van der Waals surface area contributed by atoms with Gasteiger partial charge in [0.15, 0.2) is 0 Å². The van der Waals surface area contributed by atoms with Crippen molar-refractivity contribution < 1.29 is 0 Å². The zero-order valence-electron chi connectivity index (χ0n) is 11.3. The van der Waals surface area contributed by atoms with Gasteiger partial charge in [0.1, 0.15) is 11.6 Å². The van der Waals surface area contributed by atoms with E-state index in [9.17, 15) is 0 Å². The van der Waals surface area contributed by atoms with E-state index in [0.29, 0.717) is 19.0 Å². The molecule has 0 unspecified atom stereocenters. The average Bonchev–Trinajstić information content (AvgIpc) is 2.37. The molecule has 98 valence electrons. The Bertz CT molecular complexity index is 397. The third-order valence-electron chi connectivity index (χ3n) is 2.56. The molecule has 0 fully saturated rings. The van der Waals surface area contributed by atoms with Crippen LogP contribution in [0.2, 0.25) is 0 Å². The van der Waals surface area contributed by atoms with Crippen LogP contribution in [0.5, 0.6) is 0 Å². The third-order valence-corrected chi connectivity index (χ3v) is 2.56. The predicted octanol–water partition coefficient (Wildman–Crippen LogP) is 2.43. The first-order chi connectivity index (χ1) is 8.69. The number of aromatic nitrogens is 2.